The molecule has 6 heteroatoms. The number of hydrogen-bond donors (Lipinski definition) is 4. The summed E-state index contributed by atoms with van der Waals surface area (Å²) in [5.41, 5.74) is 0. The lowest BCUT2D eigenvalue weighted by Gasteiger charge is -2.12. The summed E-state index contributed by atoms with van der Waals surface area (Å²) in [7, 11) is -4.04. The molecule has 0 fully saturated rings. The van der Waals surface area contributed by atoms with Crippen molar-refractivity contribution in [2.24, 2.45) is 0 Å². The molecule has 5 nitrogen and oxygen atoms in total. The van der Waals surface area contributed by atoms with Gasteiger partial charge in [0.05, 0.1) is 6.73 Å². The second-order valence-electron chi connectivity index (χ2n) is 1.63. The van der Waals surface area contributed by atoms with Crippen LogP contribution in [0.15, 0.2) is 0 Å². The molecule has 1 unspecified atom stereocenters. The van der Waals surface area contributed by atoms with Gasteiger partial charge in [-0.05, 0) is 6.92 Å². The summed E-state index contributed by atoms with van der Waals surface area (Å²) in [4.78, 5) is 16.7. The predicted octanol–water partition coefficient (Wildman–Crippen LogP) is -0.950. The van der Waals surface area contributed by atoms with Crippen molar-refractivity contribution in [3.8, 4) is 0 Å². The molecule has 0 heterocycles. The maximum absolute atomic E-state index is 10.2. The van der Waals surface area contributed by atoms with Gasteiger partial charge in [-0.25, -0.2) is 0 Å². The smallest absolute Gasteiger partial charge is 0.342 e. The largest absolute Gasteiger partial charge is 0.381 e. The van der Waals surface area contributed by atoms with Crippen molar-refractivity contribution in [1.29, 1.82) is 0 Å². The fourth-order valence-electron chi connectivity index (χ4n) is 0.251. The third-order valence-corrected chi connectivity index (χ3v) is 2.08. The van der Waals surface area contributed by atoms with Crippen molar-refractivity contribution in [1.82, 2.24) is 5.32 Å². The van der Waals surface area contributed by atoms with Gasteiger partial charge < -0.3 is 14.9 Å². The Morgan fingerprint density at radius 3 is 2.22 bits per heavy atom. The molecule has 0 spiro atoms. The lowest BCUT2D eigenvalue weighted by Crippen LogP contribution is -2.26. The summed E-state index contributed by atoms with van der Waals surface area (Å²) in [6, 6.07) is 0. The van der Waals surface area contributed by atoms with Crippen molar-refractivity contribution < 1.29 is 19.5 Å². The van der Waals surface area contributed by atoms with Crippen molar-refractivity contribution >= 4 is 7.60 Å². The zero-order valence-corrected chi connectivity index (χ0v) is 5.88. The Morgan fingerprint density at radius 1 is 1.67 bits per heavy atom. The zero-order valence-electron chi connectivity index (χ0n) is 4.98. The van der Waals surface area contributed by atoms with Gasteiger partial charge in [-0.15, -0.1) is 0 Å². The maximum atomic E-state index is 10.2. The van der Waals surface area contributed by atoms with Gasteiger partial charge in [-0.2, -0.15) is 0 Å². The van der Waals surface area contributed by atoms with Crippen LogP contribution in [-0.4, -0.2) is 27.4 Å². The molecule has 1 atom stereocenters. The van der Waals surface area contributed by atoms with Gasteiger partial charge in [-0.3, -0.25) is 9.88 Å². The molecule has 0 aromatic rings. The summed E-state index contributed by atoms with van der Waals surface area (Å²) < 4.78 is 10.2. The summed E-state index contributed by atoms with van der Waals surface area (Å²) in [5.74, 6) is -0.970. The van der Waals surface area contributed by atoms with Gasteiger partial charge in [-0.1, -0.05) is 0 Å². The van der Waals surface area contributed by atoms with Crippen molar-refractivity contribution in [2.75, 3.05) is 6.73 Å². The van der Waals surface area contributed by atoms with E-state index in [1.807, 2.05) is 0 Å². The van der Waals surface area contributed by atoms with Gasteiger partial charge in [0.1, 0.15) is 5.78 Å². The topological polar surface area (TPSA) is 89.8 Å². The number of aliphatic hydroxyl groups is 1. The Morgan fingerprint density at radius 2 is 2.11 bits per heavy atom. The number of hydrogen-bond acceptors (Lipinski definition) is 3. The van der Waals surface area contributed by atoms with Crippen LogP contribution in [0.5, 0.6) is 0 Å². The average molecular weight is 155 g/mol. The lowest BCUT2D eigenvalue weighted by molar-refractivity contribution is 0.246. The highest BCUT2D eigenvalue weighted by Gasteiger charge is 2.22. The van der Waals surface area contributed by atoms with E-state index >= 15 is 0 Å². The Hall–Kier alpha value is 0.0700. The van der Waals surface area contributed by atoms with Crippen LogP contribution in [0, 0.1) is 0 Å². The van der Waals surface area contributed by atoms with Gasteiger partial charge in [0.2, 0.25) is 0 Å². The van der Waals surface area contributed by atoms with Crippen LogP contribution < -0.4 is 5.32 Å². The third kappa shape index (κ3) is 3.61. The van der Waals surface area contributed by atoms with Crippen molar-refractivity contribution in [3.63, 3.8) is 0 Å². The van der Waals surface area contributed by atoms with Crippen molar-refractivity contribution in [2.45, 2.75) is 12.7 Å². The fourth-order valence-corrected chi connectivity index (χ4v) is 0.571. The normalized spacial score (nSPS) is 15.6. The first-order chi connectivity index (χ1) is 3.98. The van der Waals surface area contributed by atoms with E-state index in [0.717, 1.165) is 0 Å². The van der Waals surface area contributed by atoms with Crippen LogP contribution in [-0.2, 0) is 4.57 Å². The highest BCUT2D eigenvalue weighted by atomic mass is 31.2. The molecule has 9 heavy (non-hydrogen) atoms. The SMILES string of the molecule is CC(NCO)P(=O)(O)O. The van der Waals surface area contributed by atoms with Crippen LogP contribution in [0.3, 0.4) is 0 Å². The molecule has 0 rings (SSSR count). The van der Waals surface area contributed by atoms with E-state index in [1.54, 1.807) is 0 Å². The second-order valence-corrected chi connectivity index (χ2v) is 3.58. The van der Waals surface area contributed by atoms with Crippen LogP contribution in [0.4, 0.5) is 0 Å². The number of rotatable bonds is 3. The molecule has 0 aliphatic heterocycles. The molecule has 0 saturated heterocycles. The molecule has 0 aromatic heterocycles. The minimum Gasteiger partial charge on any atom is -0.381 e. The van der Waals surface area contributed by atoms with Gasteiger partial charge >= 0.3 is 7.60 Å². The molecule has 0 aliphatic rings. The van der Waals surface area contributed by atoms with E-state index in [4.69, 9.17) is 14.9 Å². The Kier molecular flexibility index (Phi) is 3.32. The third-order valence-electron chi connectivity index (χ3n) is 0.891. The fraction of sp³-hybridized carbons (Fsp3) is 1.00. The summed E-state index contributed by atoms with van der Waals surface area (Å²) >= 11 is 0. The number of aliphatic hydroxyl groups excluding tert-OH is 1. The molecule has 0 aliphatic carbocycles. The standard InChI is InChI=1S/C3H10NO4P/c1-3(4-2-5)9(6,7)8/h3-5H,2H2,1H3,(H2,6,7,8). The highest BCUT2D eigenvalue weighted by Crippen LogP contribution is 2.38. The van der Waals surface area contributed by atoms with Crippen LogP contribution in [0.1, 0.15) is 6.92 Å². The Bertz CT molecular complexity index is 121. The van der Waals surface area contributed by atoms with Gasteiger partial charge in [0.15, 0.2) is 0 Å². The highest BCUT2D eigenvalue weighted by molar-refractivity contribution is 7.52. The van der Waals surface area contributed by atoms with E-state index in [0.29, 0.717) is 0 Å². The van der Waals surface area contributed by atoms with Gasteiger partial charge in [0.25, 0.3) is 0 Å². The predicted molar refractivity (Wildman–Crippen MR) is 31.7 cm³/mol. The first-order valence-corrected chi connectivity index (χ1v) is 4.06. The van der Waals surface area contributed by atoms with E-state index in [1.165, 1.54) is 6.92 Å². The van der Waals surface area contributed by atoms with Crippen LogP contribution in [0.25, 0.3) is 0 Å². The van der Waals surface area contributed by atoms with Crippen LogP contribution in [0.2, 0.25) is 0 Å². The monoisotopic (exact) mass is 155 g/mol. The second kappa shape index (κ2) is 3.29. The van der Waals surface area contributed by atoms with E-state index in [9.17, 15) is 4.57 Å². The minimum absolute atomic E-state index is 0.424. The Balaban J connectivity index is 3.74. The molecule has 0 amide bonds. The van der Waals surface area contributed by atoms with E-state index in [-0.39, 0.29) is 0 Å². The molecule has 0 bridgehead atoms. The first-order valence-electron chi connectivity index (χ1n) is 2.38. The van der Waals surface area contributed by atoms with Gasteiger partial charge in [0, 0.05) is 0 Å². The molecule has 0 saturated carbocycles. The first kappa shape index (κ1) is 9.07. The van der Waals surface area contributed by atoms with Crippen molar-refractivity contribution in [3.05, 3.63) is 0 Å². The Labute approximate surface area is 52.9 Å². The lowest BCUT2D eigenvalue weighted by atomic mass is 10.7. The quantitative estimate of drug-likeness (QED) is 0.311. The average Bonchev–Trinajstić information content (AvgIpc) is 1.64. The molecule has 0 aromatic carbocycles. The van der Waals surface area contributed by atoms with Crippen LogP contribution >= 0.6 is 7.60 Å². The minimum atomic E-state index is -4.04. The molecular weight excluding hydrogens is 145 g/mol. The molecule has 0 radical (unpaired) electrons. The summed E-state index contributed by atoms with van der Waals surface area (Å²) in [5, 5.41) is 10.3. The van der Waals surface area contributed by atoms with E-state index in [2.05, 4.69) is 5.32 Å². The molecule has 4 N–H and O–H groups in total. The summed E-state index contributed by atoms with van der Waals surface area (Å²) in [6.07, 6.45) is 0. The van der Waals surface area contributed by atoms with E-state index < -0.39 is 20.1 Å². The maximum Gasteiger partial charge on any atom is 0.342 e. The zero-order chi connectivity index (χ0) is 7.49. The molecular formula is C3H10NO4P. The molecule has 56 valence electrons. The summed E-state index contributed by atoms with van der Waals surface area (Å²) in [6.45, 7) is 0.878. The number of nitrogens with one attached hydrogen (secondary N) is 1.